The molecule has 142 valence electrons. The predicted octanol–water partition coefficient (Wildman–Crippen LogP) is 2.45. The van der Waals surface area contributed by atoms with Gasteiger partial charge in [0.1, 0.15) is 5.82 Å². The number of nitrogens with zero attached hydrogens (tertiary/aromatic N) is 5. The second kappa shape index (κ2) is 7.15. The molecule has 6 nitrogen and oxygen atoms in total. The van der Waals surface area contributed by atoms with E-state index in [0.717, 1.165) is 55.9 Å². The van der Waals surface area contributed by atoms with Crippen molar-refractivity contribution >= 4 is 0 Å². The lowest BCUT2D eigenvalue weighted by Gasteiger charge is -2.26. The van der Waals surface area contributed by atoms with Gasteiger partial charge in [-0.3, -0.25) is 9.69 Å². The van der Waals surface area contributed by atoms with Crippen LogP contribution in [0.25, 0.3) is 0 Å². The van der Waals surface area contributed by atoms with Crippen molar-refractivity contribution in [3.05, 3.63) is 51.5 Å². The molecule has 2 aliphatic carbocycles. The molecule has 0 amide bonds. The molecule has 1 saturated heterocycles. The summed E-state index contributed by atoms with van der Waals surface area (Å²) in [6.07, 6.45) is 13.2. The average molecular weight is 365 g/mol. The number of aryl methyl sites for hydroxylation is 2. The summed E-state index contributed by atoms with van der Waals surface area (Å²) in [4.78, 5) is 24.1. The molecule has 0 bridgehead atoms. The highest BCUT2D eigenvalue weighted by Gasteiger charge is 2.27. The first-order chi connectivity index (χ1) is 13.3. The van der Waals surface area contributed by atoms with Crippen LogP contribution in [0, 0.1) is 0 Å². The van der Waals surface area contributed by atoms with Gasteiger partial charge in [0.25, 0.3) is 5.56 Å². The number of likely N-dealkylation sites (tertiary alicyclic amines) is 1. The van der Waals surface area contributed by atoms with E-state index in [4.69, 9.17) is 0 Å². The van der Waals surface area contributed by atoms with Crippen LogP contribution in [0.4, 0.5) is 0 Å². The fourth-order valence-electron chi connectivity index (χ4n) is 4.64. The highest BCUT2D eigenvalue weighted by atomic mass is 16.1. The average Bonchev–Trinajstić information content (AvgIpc) is 3.25. The third-order valence-corrected chi connectivity index (χ3v) is 6.49. The Labute approximate surface area is 159 Å². The van der Waals surface area contributed by atoms with Crippen LogP contribution in [0.1, 0.15) is 67.1 Å². The summed E-state index contributed by atoms with van der Waals surface area (Å²) < 4.78 is 1.70. The SMILES string of the molecule is O=c1cc2c(nn1CC1CCCN1Cc1cnc(C3CCC3)nc1)CCC2. The van der Waals surface area contributed by atoms with E-state index < -0.39 is 0 Å². The molecular formula is C21H27N5O. The van der Waals surface area contributed by atoms with E-state index in [2.05, 4.69) is 20.0 Å². The van der Waals surface area contributed by atoms with Crippen LogP contribution >= 0.6 is 0 Å². The summed E-state index contributed by atoms with van der Waals surface area (Å²) in [7, 11) is 0. The van der Waals surface area contributed by atoms with E-state index in [0.29, 0.717) is 18.5 Å². The molecule has 2 aromatic rings. The van der Waals surface area contributed by atoms with Crippen molar-refractivity contribution in [2.24, 2.45) is 0 Å². The van der Waals surface area contributed by atoms with Crippen LogP contribution in [-0.4, -0.2) is 37.2 Å². The van der Waals surface area contributed by atoms with Crippen molar-refractivity contribution in [1.82, 2.24) is 24.6 Å². The lowest BCUT2D eigenvalue weighted by molar-refractivity contribution is 0.216. The fraction of sp³-hybridized carbons (Fsp3) is 0.619. The molecule has 3 aliphatic rings. The third-order valence-electron chi connectivity index (χ3n) is 6.49. The third kappa shape index (κ3) is 3.43. The van der Waals surface area contributed by atoms with Crippen molar-refractivity contribution in [1.29, 1.82) is 0 Å². The van der Waals surface area contributed by atoms with Crippen molar-refractivity contribution in [2.45, 2.75) is 76.4 Å². The van der Waals surface area contributed by atoms with Crippen molar-refractivity contribution < 1.29 is 0 Å². The van der Waals surface area contributed by atoms with Gasteiger partial charge in [0.05, 0.1) is 12.2 Å². The molecule has 1 saturated carbocycles. The Kier molecular flexibility index (Phi) is 4.52. The molecule has 27 heavy (non-hydrogen) atoms. The molecule has 0 spiro atoms. The highest BCUT2D eigenvalue weighted by molar-refractivity contribution is 5.22. The molecule has 6 heteroatoms. The number of rotatable bonds is 5. The van der Waals surface area contributed by atoms with Crippen molar-refractivity contribution in [2.75, 3.05) is 6.54 Å². The van der Waals surface area contributed by atoms with Gasteiger partial charge in [0.15, 0.2) is 0 Å². The summed E-state index contributed by atoms with van der Waals surface area (Å²) in [5.74, 6) is 1.59. The van der Waals surface area contributed by atoms with Gasteiger partial charge >= 0.3 is 0 Å². The molecule has 0 radical (unpaired) electrons. The minimum atomic E-state index is 0.0516. The van der Waals surface area contributed by atoms with Gasteiger partial charge in [-0.25, -0.2) is 14.6 Å². The molecule has 5 rings (SSSR count). The van der Waals surface area contributed by atoms with E-state index in [9.17, 15) is 4.79 Å². The quantitative estimate of drug-likeness (QED) is 0.814. The van der Waals surface area contributed by atoms with Crippen LogP contribution < -0.4 is 5.56 Å². The van der Waals surface area contributed by atoms with Gasteiger partial charge in [-0.1, -0.05) is 6.42 Å². The molecule has 1 aliphatic heterocycles. The molecule has 3 heterocycles. The van der Waals surface area contributed by atoms with E-state index in [-0.39, 0.29) is 5.56 Å². The van der Waals surface area contributed by atoms with Crippen molar-refractivity contribution in [3.8, 4) is 0 Å². The predicted molar refractivity (Wildman–Crippen MR) is 103 cm³/mol. The number of aromatic nitrogens is 4. The molecule has 0 aromatic carbocycles. The van der Waals surface area contributed by atoms with Crippen molar-refractivity contribution in [3.63, 3.8) is 0 Å². The lowest BCUT2D eigenvalue weighted by atomic mass is 9.85. The van der Waals surface area contributed by atoms with Crippen LogP contribution in [0.2, 0.25) is 0 Å². The summed E-state index contributed by atoms with van der Waals surface area (Å²) in [6.45, 7) is 2.61. The first kappa shape index (κ1) is 17.0. The standard InChI is InChI=1S/C21H27N5O/c27-20-10-17-6-2-8-19(17)24-26(20)14-18-7-3-9-25(18)13-15-11-22-21(23-12-15)16-4-1-5-16/h10-12,16,18H,1-9,13-14H2. The zero-order valence-corrected chi connectivity index (χ0v) is 15.8. The Morgan fingerprint density at radius 3 is 2.67 bits per heavy atom. The fourth-order valence-corrected chi connectivity index (χ4v) is 4.64. The van der Waals surface area contributed by atoms with Gasteiger partial charge in [0, 0.05) is 42.5 Å². The van der Waals surface area contributed by atoms with E-state index in [1.54, 1.807) is 4.68 Å². The Morgan fingerprint density at radius 2 is 1.89 bits per heavy atom. The maximum Gasteiger partial charge on any atom is 0.267 e. The van der Waals surface area contributed by atoms with Crippen LogP contribution in [0.5, 0.6) is 0 Å². The van der Waals surface area contributed by atoms with Gasteiger partial charge < -0.3 is 0 Å². The van der Waals surface area contributed by atoms with E-state index >= 15 is 0 Å². The van der Waals surface area contributed by atoms with Gasteiger partial charge in [-0.05, 0) is 57.1 Å². The Morgan fingerprint density at radius 1 is 1.04 bits per heavy atom. The normalized spacial score (nSPS) is 22.7. The molecular weight excluding hydrogens is 338 g/mol. The Hall–Kier alpha value is -2.08. The largest absolute Gasteiger partial charge is 0.294 e. The smallest absolute Gasteiger partial charge is 0.267 e. The molecule has 0 N–H and O–H groups in total. The number of hydrogen-bond donors (Lipinski definition) is 0. The first-order valence-corrected chi connectivity index (χ1v) is 10.4. The van der Waals surface area contributed by atoms with Crippen LogP contribution in [0.15, 0.2) is 23.3 Å². The first-order valence-electron chi connectivity index (χ1n) is 10.4. The molecule has 1 atom stereocenters. The van der Waals surface area contributed by atoms with Gasteiger partial charge in [-0.15, -0.1) is 0 Å². The minimum absolute atomic E-state index is 0.0516. The Balaban J connectivity index is 1.27. The maximum absolute atomic E-state index is 12.4. The number of fused-ring (bicyclic) bond motifs is 1. The zero-order valence-electron chi connectivity index (χ0n) is 15.8. The minimum Gasteiger partial charge on any atom is -0.294 e. The number of hydrogen-bond acceptors (Lipinski definition) is 5. The lowest BCUT2D eigenvalue weighted by Crippen LogP contribution is -2.37. The summed E-state index contributed by atoms with van der Waals surface area (Å²) in [5, 5.41) is 4.66. The molecule has 2 aromatic heterocycles. The zero-order chi connectivity index (χ0) is 18.2. The van der Waals surface area contributed by atoms with Gasteiger partial charge in [-0.2, -0.15) is 5.10 Å². The topological polar surface area (TPSA) is 63.9 Å². The maximum atomic E-state index is 12.4. The van der Waals surface area contributed by atoms with E-state index in [1.165, 1.54) is 31.2 Å². The summed E-state index contributed by atoms with van der Waals surface area (Å²) in [6, 6.07) is 2.17. The second-order valence-corrected chi connectivity index (χ2v) is 8.33. The summed E-state index contributed by atoms with van der Waals surface area (Å²) >= 11 is 0. The molecule has 2 fully saturated rings. The van der Waals surface area contributed by atoms with E-state index in [1.807, 2.05) is 18.5 Å². The second-order valence-electron chi connectivity index (χ2n) is 8.33. The van der Waals surface area contributed by atoms with Crippen LogP contribution in [-0.2, 0) is 25.9 Å². The monoisotopic (exact) mass is 365 g/mol. The summed E-state index contributed by atoms with van der Waals surface area (Å²) in [5.41, 5.74) is 3.50. The van der Waals surface area contributed by atoms with Crippen LogP contribution in [0.3, 0.4) is 0 Å². The highest BCUT2D eigenvalue weighted by Crippen LogP contribution is 2.34. The molecule has 1 unspecified atom stereocenters. The Bertz CT molecular complexity index is 871. The van der Waals surface area contributed by atoms with Gasteiger partial charge in [0.2, 0.25) is 0 Å².